The monoisotopic (exact) mass is 583 g/mol. The number of benzene rings is 2. The Hall–Kier alpha value is -2.14. The van der Waals surface area contributed by atoms with Crippen molar-refractivity contribution in [1.29, 1.82) is 0 Å². The number of aliphatic carboxylic acids is 1. The Morgan fingerprint density at radius 1 is 1.08 bits per heavy atom. The van der Waals surface area contributed by atoms with E-state index in [2.05, 4.69) is 4.98 Å². The van der Waals surface area contributed by atoms with Crippen LogP contribution in [0.25, 0.3) is 11.1 Å². The number of rotatable bonds is 14. The molecule has 1 aromatic heterocycles. The van der Waals surface area contributed by atoms with Gasteiger partial charge in [0.15, 0.2) is 0 Å². The van der Waals surface area contributed by atoms with Crippen LogP contribution in [0, 0.1) is 6.92 Å². The predicted octanol–water partition coefficient (Wildman–Crippen LogP) is 1.32. The topological polar surface area (TPSA) is 115 Å². The third kappa shape index (κ3) is 10.7. The Bertz CT molecular complexity index is 1350. The average molecular weight is 584 g/mol. The van der Waals surface area contributed by atoms with Crippen molar-refractivity contribution in [2.24, 2.45) is 0 Å². The van der Waals surface area contributed by atoms with E-state index in [1.165, 1.54) is 6.26 Å². The van der Waals surface area contributed by atoms with Crippen LogP contribution in [0.2, 0.25) is 5.02 Å². The van der Waals surface area contributed by atoms with E-state index in [1.807, 2.05) is 26.0 Å². The summed E-state index contributed by atoms with van der Waals surface area (Å²) in [6, 6.07) is 14.5. The number of aromatic nitrogens is 1. The molecule has 204 valence electrons. The van der Waals surface area contributed by atoms with Gasteiger partial charge in [-0.1, -0.05) is 29.8 Å². The molecule has 3 aromatic rings. The first-order chi connectivity index (χ1) is 18.1. The molecule has 0 N–H and O–H groups in total. The molecule has 0 fully saturated rings. The largest absolute Gasteiger partial charge is 1.00 e. The number of carbonyl (C=O) groups is 1. The Labute approximate surface area is 256 Å². The van der Waals surface area contributed by atoms with Gasteiger partial charge in [0.1, 0.15) is 22.2 Å². The number of carboxylic acids is 1. The average Bonchev–Trinajstić information content (AvgIpc) is 2.86. The molecule has 3 rings (SSSR count). The Kier molecular flexibility index (Phi) is 13.2. The third-order valence-electron chi connectivity index (χ3n) is 5.69. The molecular weight excluding hydrogens is 553 g/mol. The molecule has 39 heavy (non-hydrogen) atoms. The standard InChI is InChI=1S/C28H32ClNO7S.Na/c1-4-35-26(16-28(31)32)21-7-9-22(10-8-21)37-18-20-6-11-25(29)23(15-20)24-17-30-27(14-19(24)2)36-12-5-13-38(3,33)34;/h6-11,14-15,17,26H,4-5,12-13,16,18H2,1-3H3,(H,31,32);/q;+1/p-1/t26-;/m0./s1. The number of pyridine rings is 1. The predicted molar refractivity (Wildman–Crippen MR) is 144 cm³/mol. The number of halogens is 1. The van der Waals surface area contributed by atoms with Crippen molar-refractivity contribution < 1.29 is 62.1 Å². The first-order valence-electron chi connectivity index (χ1n) is 12.2. The van der Waals surface area contributed by atoms with Gasteiger partial charge >= 0.3 is 29.6 Å². The Balaban J connectivity index is 0.00000533. The minimum absolute atomic E-state index is 0. The molecule has 0 spiro atoms. The maximum Gasteiger partial charge on any atom is 1.00 e. The molecule has 0 amide bonds. The van der Waals surface area contributed by atoms with Crippen LogP contribution in [0.4, 0.5) is 0 Å². The number of carboxylic acid groups (broad SMARTS) is 1. The van der Waals surface area contributed by atoms with Crippen molar-refractivity contribution in [1.82, 2.24) is 4.98 Å². The first kappa shape index (κ1) is 33.1. The van der Waals surface area contributed by atoms with Crippen molar-refractivity contribution in [3.63, 3.8) is 0 Å². The molecule has 1 heterocycles. The number of ether oxygens (including phenoxy) is 3. The molecule has 2 aromatic carbocycles. The number of nitrogens with zero attached hydrogens (tertiary/aromatic N) is 1. The molecule has 0 bridgehead atoms. The van der Waals surface area contributed by atoms with Gasteiger partial charge in [0.05, 0.1) is 18.5 Å². The van der Waals surface area contributed by atoms with E-state index in [0.29, 0.717) is 36.3 Å². The van der Waals surface area contributed by atoms with Crippen molar-refractivity contribution >= 4 is 27.4 Å². The fourth-order valence-corrected chi connectivity index (χ4v) is 4.69. The first-order valence-corrected chi connectivity index (χ1v) is 14.6. The van der Waals surface area contributed by atoms with Crippen LogP contribution in [0.1, 0.15) is 42.6 Å². The van der Waals surface area contributed by atoms with E-state index >= 15 is 0 Å². The number of hydrogen-bond donors (Lipinski definition) is 0. The van der Waals surface area contributed by atoms with Gasteiger partial charge in [-0.3, -0.25) is 0 Å². The van der Waals surface area contributed by atoms with Crippen LogP contribution < -0.4 is 44.1 Å². The van der Waals surface area contributed by atoms with Crippen molar-refractivity contribution in [3.8, 4) is 22.8 Å². The second kappa shape index (κ2) is 15.6. The summed E-state index contributed by atoms with van der Waals surface area (Å²) in [5.41, 5.74) is 4.20. The van der Waals surface area contributed by atoms with Gasteiger partial charge in [0.2, 0.25) is 5.88 Å². The molecule has 1 atom stereocenters. The summed E-state index contributed by atoms with van der Waals surface area (Å²) >= 11 is 6.50. The van der Waals surface area contributed by atoms with E-state index in [0.717, 1.165) is 27.8 Å². The molecule has 0 aliphatic heterocycles. The second-order valence-corrected chi connectivity index (χ2v) is 11.5. The van der Waals surface area contributed by atoms with Crippen LogP contribution in [-0.4, -0.2) is 44.6 Å². The van der Waals surface area contributed by atoms with E-state index in [1.54, 1.807) is 42.6 Å². The van der Waals surface area contributed by atoms with Crippen molar-refractivity contribution in [2.45, 2.75) is 39.4 Å². The minimum atomic E-state index is -3.02. The normalized spacial score (nSPS) is 11.9. The van der Waals surface area contributed by atoms with Crippen LogP contribution in [-0.2, 0) is 26.0 Å². The van der Waals surface area contributed by atoms with Gasteiger partial charge in [-0.2, -0.15) is 0 Å². The zero-order chi connectivity index (χ0) is 27.7. The van der Waals surface area contributed by atoms with Crippen LogP contribution in [0.3, 0.4) is 0 Å². The number of carbonyl (C=O) groups excluding carboxylic acids is 1. The summed E-state index contributed by atoms with van der Waals surface area (Å²) in [6.07, 6.45) is 2.49. The molecule has 8 nitrogen and oxygen atoms in total. The summed E-state index contributed by atoms with van der Waals surface area (Å²) in [5, 5.41) is 11.6. The van der Waals surface area contributed by atoms with Crippen molar-refractivity contribution in [2.75, 3.05) is 25.2 Å². The van der Waals surface area contributed by atoms with Gasteiger partial charge in [-0.25, -0.2) is 13.4 Å². The third-order valence-corrected chi connectivity index (χ3v) is 7.05. The van der Waals surface area contributed by atoms with Crippen LogP contribution in [0.15, 0.2) is 54.7 Å². The van der Waals surface area contributed by atoms with Gasteiger partial charge in [-0.05, 0) is 61.2 Å². The number of aryl methyl sites for hydroxylation is 1. The number of sulfone groups is 1. The summed E-state index contributed by atoms with van der Waals surface area (Å²) in [4.78, 5) is 15.4. The van der Waals surface area contributed by atoms with Crippen molar-refractivity contribution in [3.05, 3.63) is 76.4 Å². The fourth-order valence-electron chi connectivity index (χ4n) is 3.83. The summed E-state index contributed by atoms with van der Waals surface area (Å²) in [7, 11) is -3.02. The minimum Gasteiger partial charge on any atom is -0.550 e. The van der Waals surface area contributed by atoms with Gasteiger partial charge in [0.25, 0.3) is 0 Å². The summed E-state index contributed by atoms with van der Waals surface area (Å²) < 4.78 is 39.6. The summed E-state index contributed by atoms with van der Waals surface area (Å²) in [6.45, 7) is 4.69. The molecule has 0 radical (unpaired) electrons. The zero-order valence-electron chi connectivity index (χ0n) is 22.6. The van der Waals surface area contributed by atoms with Gasteiger partial charge in [0, 0.05) is 53.7 Å². The van der Waals surface area contributed by atoms with Crippen LogP contribution >= 0.6 is 11.6 Å². The van der Waals surface area contributed by atoms with Gasteiger partial charge in [-0.15, -0.1) is 0 Å². The maximum absolute atomic E-state index is 11.3. The molecular formula is C28H31ClNNaO7S. The van der Waals surface area contributed by atoms with Gasteiger partial charge < -0.3 is 24.1 Å². The molecule has 0 aliphatic rings. The summed E-state index contributed by atoms with van der Waals surface area (Å²) in [5.74, 6) is -0.0526. The Morgan fingerprint density at radius 2 is 1.79 bits per heavy atom. The SMILES string of the molecule is CCO[C@@H](CC(=O)[O-])c1ccc(OCc2ccc(Cl)c(-c3cnc(OCCCS(C)(=O)=O)cc3C)c2)cc1.[Na+]. The fraction of sp³-hybridized carbons (Fsp3) is 0.357. The molecule has 0 aliphatic carbocycles. The maximum atomic E-state index is 11.3. The van der Waals surface area contributed by atoms with E-state index in [-0.39, 0.29) is 48.3 Å². The molecule has 0 saturated carbocycles. The van der Waals surface area contributed by atoms with Crippen LogP contribution in [0.5, 0.6) is 11.6 Å². The molecule has 0 saturated heterocycles. The van der Waals surface area contributed by atoms with E-state index in [4.69, 9.17) is 25.8 Å². The second-order valence-electron chi connectivity index (χ2n) is 8.86. The van der Waals surface area contributed by atoms with E-state index < -0.39 is 21.9 Å². The number of hydrogen-bond acceptors (Lipinski definition) is 8. The quantitative estimate of drug-likeness (QED) is 0.206. The zero-order valence-corrected chi connectivity index (χ0v) is 26.2. The molecule has 0 unspecified atom stereocenters. The Morgan fingerprint density at radius 3 is 2.41 bits per heavy atom. The molecule has 11 heteroatoms. The van der Waals surface area contributed by atoms with E-state index in [9.17, 15) is 18.3 Å². The smallest absolute Gasteiger partial charge is 0.550 e.